The molecule has 2 rings (SSSR count). The summed E-state index contributed by atoms with van der Waals surface area (Å²) in [6, 6.07) is 5.83. The van der Waals surface area contributed by atoms with Gasteiger partial charge in [0.2, 0.25) is 5.95 Å². The number of anilines is 1. The minimum atomic E-state index is -0.967. The lowest BCUT2D eigenvalue weighted by Crippen LogP contribution is -2.16. The average molecular weight is 248 g/mol. The van der Waals surface area contributed by atoms with E-state index in [4.69, 9.17) is 5.73 Å². The molecular weight excluding hydrogens is 240 g/mol. The summed E-state index contributed by atoms with van der Waals surface area (Å²) >= 11 is 0. The predicted molar refractivity (Wildman–Crippen MR) is 63.0 cm³/mol. The number of hydrogen-bond acceptors (Lipinski definition) is 6. The van der Waals surface area contributed by atoms with Crippen LogP contribution < -0.4 is 11.3 Å². The molecule has 0 aliphatic heterocycles. The van der Waals surface area contributed by atoms with Crippen LogP contribution in [-0.4, -0.2) is 20.0 Å². The van der Waals surface area contributed by atoms with Crippen molar-refractivity contribution in [3.05, 3.63) is 44.7 Å². The number of nitro groups is 1. The lowest BCUT2D eigenvalue weighted by atomic mass is 10.1. The molecular formula is C10H8N4O4. The predicted octanol–water partition coefficient (Wildman–Crippen LogP) is 0.633. The summed E-state index contributed by atoms with van der Waals surface area (Å²) in [4.78, 5) is 27.2. The molecule has 0 spiro atoms. The molecule has 0 fully saturated rings. The van der Waals surface area contributed by atoms with Crippen LogP contribution in [0.4, 0.5) is 11.6 Å². The first kappa shape index (κ1) is 11.6. The fraction of sp³-hybridized carbons (Fsp3) is 0. The van der Waals surface area contributed by atoms with Gasteiger partial charge in [-0.3, -0.25) is 19.9 Å². The third-order valence-corrected chi connectivity index (χ3v) is 2.25. The van der Waals surface area contributed by atoms with E-state index in [0.29, 0.717) is 0 Å². The number of phenols is 1. The minimum Gasteiger partial charge on any atom is -0.507 e. The molecule has 0 atom stereocenters. The van der Waals surface area contributed by atoms with Gasteiger partial charge in [0.1, 0.15) is 5.75 Å². The highest BCUT2D eigenvalue weighted by molar-refractivity contribution is 5.74. The number of aromatic hydroxyl groups is 1. The number of para-hydroxylation sites is 1. The number of hydrogen-bond donors (Lipinski definition) is 3. The molecule has 0 aliphatic carbocycles. The van der Waals surface area contributed by atoms with Gasteiger partial charge in [0, 0.05) is 5.56 Å². The number of aromatic nitrogens is 2. The van der Waals surface area contributed by atoms with Crippen LogP contribution in [-0.2, 0) is 0 Å². The Morgan fingerprint density at radius 2 is 2.06 bits per heavy atom. The van der Waals surface area contributed by atoms with Crippen molar-refractivity contribution in [1.82, 2.24) is 9.97 Å². The van der Waals surface area contributed by atoms with E-state index in [2.05, 4.69) is 4.98 Å². The Morgan fingerprint density at radius 3 is 2.67 bits per heavy atom. The van der Waals surface area contributed by atoms with E-state index >= 15 is 0 Å². The monoisotopic (exact) mass is 248 g/mol. The standard InChI is InChI=1S/C10H8N4O4/c11-10-12-7(5-3-1-2-4-6(5)15)8(14(17)18)9(16)13-10/h1-4,15H,(H3,11,12,13,16). The van der Waals surface area contributed by atoms with Crippen LogP contribution >= 0.6 is 0 Å². The summed E-state index contributed by atoms with van der Waals surface area (Å²) < 4.78 is 0. The van der Waals surface area contributed by atoms with Crippen molar-refractivity contribution in [3.63, 3.8) is 0 Å². The second-order valence-corrected chi connectivity index (χ2v) is 3.42. The number of rotatable bonds is 2. The third-order valence-electron chi connectivity index (χ3n) is 2.25. The number of nitrogens with two attached hydrogens (primary N) is 1. The van der Waals surface area contributed by atoms with E-state index in [1.807, 2.05) is 4.98 Å². The minimum absolute atomic E-state index is 0.0713. The van der Waals surface area contributed by atoms with E-state index in [1.165, 1.54) is 12.1 Å². The summed E-state index contributed by atoms with van der Waals surface area (Å²) in [6.07, 6.45) is 0. The van der Waals surface area contributed by atoms with Crippen molar-refractivity contribution < 1.29 is 10.0 Å². The normalized spacial score (nSPS) is 10.2. The molecule has 0 saturated carbocycles. The SMILES string of the molecule is Nc1nc(-c2ccccc2O)c([N+](=O)[O-])c(=O)[nH]1. The van der Waals surface area contributed by atoms with Crippen LogP contribution in [0, 0.1) is 10.1 Å². The zero-order valence-corrected chi connectivity index (χ0v) is 8.95. The fourth-order valence-corrected chi connectivity index (χ4v) is 1.52. The summed E-state index contributed by atoms with van der Waals surface area (Å²) in [5.74, 6) is -0.484. The molecule has 0 aliphatic rings. The van der Waals surface area contributed by atoms with Crippen LogP contribution in [0.2, 0.25) is 0 Å². The zero-order chi connectivity index (χ0) is 13.3. The van der Waals surface area contributed by atoms with E-state index in [9.17, 15) is 20.0 Å². The quantitative estimate of drug-likeness (QED) is 0.527. The molecule has 92 valence electrons. The number of benzene rings is 1. The van der Waals surface area contributed by atoms with Crippen LogP contribution in [0.25, 0.3) is 11.3 Å². The largest absolute Gasteiger partial charge is 0.507 e. The van der Waals surface area contributed by atoms with Gasteiger partial charge in [0.15, 0.2) is 5.69 Å². The molecule has 1 aromatic heterocycles. The van der Waals surface area contributed by atoms with Gasteiger partial charge < -0.3 is 10.8 Å². The topological polar surface area (TPSA) is 135 Å². The summed E-state index contributed by atoms with van der Waals surface area (Å²) in [7, 11) is 0. The van der Waals surface area contributed by atoms with Gasteiger partial charge in [-0.15, -0.1) is 0 Å². The van der Waals surface area contributed by atoms with Crippen molar-refractivity contribution in [2.45, 2.75) is 0 Å². The number of nitrogens with one attached hydrogen (secondary N) is 1. The summed E-state index contributed by atoms with van der Waals surface area (Å²) in [6.45, 7) is 0. The Labute approximate surface area is 99.9 Å². The number of nitrogen functional groups attached to an aromatic ring is 1. The highest BCUT2D eigenvalue weighted by Gasteiger charge is 2.24. The number of phenolic OH excluding ortho intramolecular Hbond substituents is 1. The maximum atomic E-state index is 11.5. The Balaban J connectivity index is 2.83. The first-order chi connectivity index (χ1) is 8.50. The van der Waals surface area contributed by atoms with Gasteiger partial charge in [0.05, 0.1) is 4.92 Å². The van der Waals surface area contributed by atoms with E-state index in [0.717, 1.165) is 0 Å². The molecule has 0 bridgehead atoms. The van der Waals surface area contributed by atoms with Crippen LogP contribution in [0.1, 0.15) is 0 Å². The van der Waals surface area contributed by atoms with Gasteiger partial charge in [-0.2, -0.15) is 0 Å². The number of H-pyrrole nitrogens is 1. The van der Waals surface area contributed by atoms with Crippen molar-refractivity contribution in [2.75, 3.05) is 5.73 Å². The maximum absolute atomic E-state index is 11.5. The van der Waals surface area contributed by atoms with Crippen molar-refractivity contribution >= 4 is 11.6 Å². The molecule has 0 unspecified atom stereocenters. The van der Waals surface area contributed by atoms with Gasteiger partial charge in [-0.1, -0.05) is 12.1 Å². The van der Waals surface area contributed by atoms with Crippen LogP contribution in [0.15, 0.2) is 29.1 Å². The van der Waals surface area contributed by atoms with E-state index < -0.39 is 16.2 Å². The Kier molecular flexibility index (Phi) is 2.68. The van der Waals surface area contributed by atoms with Crippen LogP contribution in [0.5, 0.6) is 5.75 Å². The van der Waals surface area contributed by atoms with Gasteiger partial charge in [-0.05, 0) is 12.1 Å². The smallest absolute Gasteiger partial charge is 0.360 e. The average Bonchev–Trinajstić information content (AvgIpc) is 2.27. The molecule has 8 heteroatoms. The van der Waals surface area contributed by atoms with Crippen molar-refractivity contribution in [2.24, 2.45) is 0 Å². The molecule has 0 radical (unpaired) electrons. The zero-order valence-electron chi connectivity index (χ0n) is 8.95. The van der Waals surface area contributed by atoms with E-state index in [-0.39, 0.29) is 23.0 Å². The first-order valence-corrected chi connectivity index (χ1v) is 4.83. The molecule has 8 nitrogen and oxygen atoms in total. The van der Waals surface area contributed by atoms with E-state index in [1.54, 1.807) is 12.1 Å². The molecule has 0 amide bonds. The van der Waals surface area contributed by atoms with Crippen molar-refractivity contribution in [1.29, 1.82) is 0 Å². The second-order valence-electron chi connectivity index (χ2n) is 3.42. The first-order valence-electron chi connectivity index (χ1n) is 4.83. The molecule has 18 heavy (non-hydrogen) atoms. The summed E-state index contributed by atoms with van der Waals surface area (Å²) in [5.41, 5.74) is 3.43. The lowest BCUT2D eigenvalue weighted by molar-refractivity contribution is -0.385. The number of nitrogens with zero attached hydrogens (tertiary/aromatic N) is 2. The molecule has 2 aromatic rings. The fourth-order valence-electron chi connectivity index (χ4n) is 1.52. The Morgan fingerprint density at radius 1 is 1.39 bits per heavy atom. The Bertz CT molecular complexity index is 680. The summed E-state index contributed by atoms with van der Waals surface area (Å²) in [5, 5.41) is 20.5. The maximum Gasteiger partial charge on any atom is 0.360 e. The highest BCUT2D eigenvalue weighted by Crippen LogP contribution is 2.31. The lowest BCUT2D eigenvalue weighted by Gasteiger charge is -2.04. The molecule has 1 aromatic carbocycles. The molecule has 0 saturated heterocycles. The van der Waals surface area contributed by atoms with Crippen molar-refractivity contribution in [3.8, 4) is 17.0 Å². The van der Waals surface area contributed by atoms with Gasteiger partial charge in [-0.25, -0.2) is 4.98 Å². The van der Waals surface area contributed by atoms with Crippen LogP contribution in [0.3, 0.4) is 0 Å². The Hall–Kier alpha value is -2.90. The second kappa shape index (κ2) is 4.17. The molecule has 1 heterocycles. The number of aromatic amines is 1. The van der Waals surface area contributed by atoms with Gasteiger partial charge in [0.25, 0.3) is 0 Å². The van der Waals surface area contributed by atoms with Gasteiger partial charge >= 0.3 is 11.2 Å². The molecule has 4 N–H and O–H groups in total. The third kappa shape index (κ3) is 1.86. The highest BCUT2D eigenvalue weighted by atomic mass is 16.6.